The van der Waals surface area contributed by atoms with Gasteiger partial charge in [-0.25, -0.2) is 4.39 Å². The van der Waals surface area contributed by atoms with Crippen molar-refractivity contribution in [3.63, 3.8) is 0 Å². The van der Waals surface area contributed by atoms with E-state index in [0.717, 1.165) is 33.6 Å². The molecule has 5 heteroatoms. The van der Waals surface area contributed by atoms with Crippen LogP contribution in [0.5, 0.6) is 0 Å². The van der Waals surface area contributed by atoms with Crippen LogP contribution in [0.15, 0.2) is 88.8 Å². The number of rotatable bonds is 10. The third-order valence-corrected chi connectivity index (χ3v) is 5.28. The summed E-state index contributed by atoms with van der Waals surface area (Å²) in [6, 6.07) is 8.33. The van der Waals surface area contributed by atoms with Crippen molar-refractivity contribution >= 4 is 17.5 Å². The highest BCUT2D eigenvalue weighted by Crippen LogP contribution is 2.26. The molecule has 0 radical (unpaired) electrons. The number of nitrogens with one attached hydrogen (secondary N) is 1. The molecule has 4 nitrogen and oxygen atoms in total. The fourth-order valence-corrected chi connectivity index (χ4v) is 3.29. The van der Waals surface area contributed by atoms with E-state index in [4.69, 9.17) is 4.99 Å². The molecular weight excluding hydrogens is 399 g/mol. The Labute approximate surface area is 192 Å². The fraction of sp³-hybridized carbons (Fsp3) is 0.333. The molecule has 0 bridgehead atoms. The van der Waals surface area contributed by atoms with Gasteiger partial charge in [0.25, 0.3) is 0 Å². The zero-order valence-corrected chi connectivity index (χ0v) is 19.9. The van der Waals surface area contributed by atoms with Gasteiger partial charge in [0.1, 0.15) is 6.17 Å². The normalized spacial score (nSPS) is 19.9. The van der Waals surface area contributed by atoms with Crippen molar-refractivity contribution in [3.8, 4) is 0 Å². The van der Waals surface area contributed by atoms with Crippen LogP contribution in [0.25, 0.3) is 5.57 Å². The van der Waals surface area contributed by atoms with E-state index in [0.29, 0.717) is 18.5 Å². The molecule has 1 fully saturated rings. The van der Waals surface area contributed by atoms with Gasteiger partial charge in [-0.15, -0.1) is 0 Å². The van der Waals surface area contributed by atoms with Gasteiger partial charge >= 0.3 is 0 Å². The molecule has 0 unspecified atom stereocenters. The molecule has 1 aromatic rings. The number of allylic oxidation sites excluding steroid dienone is 4. The van der Waals surface area contributed by atoms with Gasteiger partial charge in [-0.05, 0) is 67.3 Å². The largest absolute Gasteiger partial charge is 0.383 e. The van der Waals surface area contributed by atoms with Gasteiger partial charge in [0.2, 0.25) is 0 Å². The molecule has 0 heterocycles. The Morgan fingerprint density at radius 3 is 2.50 bits per heavy atom. The monoisotopic (exact) mass is 434 g/mol. The van der Waals surface area contributed by atoms with Gasteiger partial charge in [-0.1, -0.05) is 37.4 Å². The predicted molar refractivity (Wildman–Crippen MR) is 137 cm³/mol. The lowest BCUT2D eigenvalue weighted by Crippen LogP contribution is -2.41. The zero-order chi connectivity index (χ0) is 23.7. The summed E-state index contributed by atoms with van der Waals surface area (Å²) in [4.78, 5) is 10.8. The highest BCUT2D eigenvalue weighted by Gasteiger charge is 2.29. The Bertz CT molecular complexity index is 973. The summed E-state index contributed by atoms with van der Waals surface area (Å²) in [5.41, 5.74) is 6.33. The average Bonchev–Trinajstić information content (AvgIpc) is 2.74. The first-order chi connectivity index (χ1) is 15.2. The number of halogens is 1. The van der Waals surface area contributed by atoms with Crippen LogP contribution in [0.4, 0.5) is 4.39 Å². The van der Waals surface area contributed by atoms with E-state index < -0.39 is 6.17 Å². The minimum absolute atomic E-state index is 0.104. The van der Waals surface area contributed by atoms with Crippen LogP contribution < -0.4 is 5.32 Å². The van der Waals surface area contributed by atoms with Crippen molar-refractivity contribution < 1.29 is 4.39 Å². The molecule has 1 aliphatic carbocycles. The maximum atomic E-state index is 13.2. The number of hydrogen-bond acceptors (Lipinski definition) is 4. The van der Waals surface area contributed by atoms with Crippen LogP contribution >= 0.6 is 0 Å². The standard InChI is InChI=1S/C27H35FN4/c1-8-22(17-29-5)24-11-9-10-23(14-24)20(3)30-18-27(19(2)12-13-32(6)7)21(4)31-26-15-25(28)16-26/h8-14,17-18,25-26,31H,2,4,15-16H2,1,3,5-7H3/b13-12-,22-8+,27-18-,29-17-,30-20+. The van der Waals surface area contributed by atoms with Crippen LogP contribution in [-0.4, -0.2) is 50.2 Å². The third kappa shape index (κ3) is 7.19. The Kier molecular flexibility index (Phi) is 9.39. The van der Waals surface area contributed by atoms with E-state index in [2.05, 4.69) is 35.6 Å². The summed E-state index contributed by atoms with van der Waals surface area (Å²) in [6.45, 7) is 12.3. The summed E-state index contributed by atoms with van der Waals surface area (Å²) < 4.78 is 13.2. The van der Waals surface area contributed by atoms with Crippen molar-refractivity contribution in [2.24, 2.45) is 9.98 Å². The first-order valence-electron chi connectivity index (χ1n) is 10.8. The van der Waals surface area contributed by atoms with Gasteiger partial charge in [-0.3, -0.25) is 9.98 Å². The third-order valence-electron chi connectivity index (χ3n) is 5.28. The Morgan fingerprint density at radius 2 is 1.91 bits per heavy atom. The number of alkyl halides is 1. The molecule has 1 N–H and O–H groups in total. The number of aliphatic imine (C=N–C) groups is 2. The van der Waals surface area contributed by atoms with E-state index in [9.17, 15) is 4.39 Å². The lowest BCUT2D eigenvalue weighted by molar-refractivity contribution is 0.164. The molecule has 0 saturated heterocycles. The predicted octanol–water partition coefficient (Wildman–Crippen LogP) is 5.72. The average molecular weight is 435 g/mol. The van der Waals surface area contributed by atoms with Gasteiger partial charge < -0.3 is 10.2 Å². The fourth-order valence-electron chi connectivity index (χ4n) is 3.29. The second kappa shape index (κ2) is 12.0. The van der Waals surface area contributed by atoms with E-state index in [1.54, 1.807) is 13.2 Å². The molecule has 0 atom stereocenters. The van der Waals surface area contributed by atoms with E-state index in [1.165, 1.54) is 0 Å². The minimum Gasteiger partial charge on any atom is -0.383 e. The highest BCUT2D eigenvalue weighted by atomic mass is 19.1. The quantitative estimate of drug-likeness (QED) is 0.378. The second-order valence-electron chi connectivity index (χ2n) is 8.16. The van der Waals surface area contributed by atoms with Crippen LogP contribution in [0.2, 0.25) is 0 Å². The summed E-state index contributed by atoms with van der Waals surface area (Å²) >= 11 is 0. The highest BCUT2D eigenvalue weighted by molar-refractivity contribution is 6.10. The summed E-state index contributed by atoms with van der Waals surface area (Å²) in [7, 11) is 5.67. The number of benzene rings is 1. The molecular formula is C27H35FN4. The first kappa shape index (κ1) is 25.1. The molecule has 0 aromatic heterocycles. The SMILES string of the molecule is C=C(/C=C\N(C)C)/C(=C/N=C(\C)c1cccc(C(/C=N\C)=C/C)c1)C(=C)NC1CC(F)C1. The first-order valence-corrected chi connectivity index (χ1v) is 10.8. The second-order valence-corrected chi connectivity index (χ2v) is 8.16. The van der Waals surface area contributed by atoms with Crippen molar-refractivity contribution in [2.75, 3.05) is 21.1 Å². The Morgan fingerprint density at radius 1 is 1.22 bits per heavy atom. The molecule has 1 saturated carbocycles. The van der Waals surface area contributed by atoms with Gasteiger partial charge in [0.15, 0.2) is 0 Å². The summed E-state index contributed by atoms with van der Waals surface area (Å²) in [5, 5.41) is 3.32. The molecule has 1 aromatic carbocycles. The van der Waals surface area contributed by atoms with Crippen molar-refractivity contribution in [2.45, 2.75) is 38.9 Å². The maximum Gasteiger partial charge on any atom is 0.104 e. The van der Waals surface area contributed by atoms with Crippen molar-refractivity contribution in [3.05, 3.63) is 89.9 Å². The molecule has 0 spiro atoms. The number of hydrogen-bond donors (Lipinski definition) is 1. The van der Waals surface area contributed by atoms with Crippen LogP contribution in [0, 0.1) is 0 Å². The molecule has 32 heavy (non-hydrogen) atoms. The zero-order valence-electron chi connectivity index (χ0n) is 19.9. The van der Waals surface area contributed by atoms with Crippen molar-refractivity contribution in [1.82, 2.24) is 10.2 Å². The lowest BCUT2D eigenvalue weighted by atomic mass is 9.90. The molecule has 0 amide bonds. The van der Waals surface area contributed by atoms with Crippen LogP contribution in [-0.2, 0) is 0 Å². The van der Waals surface area contributed by atoms with Gasteiger partial charge in [0, 0.05) is 56.6 Å². The smallest absolute Gasteiger partial charge is 0.104 e. The molecule has 2 rings (SSSR count). The van der Waals surface area contributed by atoms with E-state index in [-0.39, 0.29) is 6.04 Å². The topological polar surface area (TPSA) is 40.0 Å². The maximum absolute atomic E-state index is 13.2. The summed E-state index contributed by atoms with van der Waals surface area (Å²) in [5.74, 6) is 0. The molecule has 0 aliphatic heterocycles. The van der Waals surface area contributed by atoms with E-state index >= 15 is 0 Å². The van der Waals surface area contributed by atoms with Crippen LogP contribution in [0.1, 0.15) is 37.8 Å². The Balaban J connectivity index is 2.32. The number of nitrogens with zero attached hydrogens (tertiary/aromatic N) is 3. The minimum atomic E-state index is -0.725. The summed E-state index contributed by atoms with van der Waals surface area (Å²) in [6.07, 6.45) is 9.82. The molecule has 170 valence electrons. The molecule has 1 aliphatic rings. The van der Waals surface area contributed by atoms with Crippen LogP contribution in [0.3, 0.4) is 0 Å². The van der Waals surface area contributed by atoms with Crippen molar-refractivity contribution in [1.29, 1.82) is 0 Å². The van der Waals surface area contributed by atoms with Gasteiger partial charge in [-0.2, -0.15) is 0 Å². The lowest BCUT2D eigenvalue weighted by Gasteiger charge is -2.32. The Hall–Kier alpha value is -3.21. The van der Waals surface area contributed by atoms with Gasteiger partial charge in [0.05, 0.1) is 0 Å². The van der Waals surface area contributed by atoms with E-state index in [1.807, 2.05) is 69.5 Å².